The van der Waals surface area contributed by atoms with Gasteiger partial charge in [0.2, 0.25) is 0 Å². The molecule has 1 fully saturated rings. The minimum Gasteiger partial charge on any atom is -0.331 e. The first-order valence-electron chi connectivity index (χ1n) is 6.57. The Bertz CT molecular complexity index is 642. The molecule has 1 aliphatic carbocycles. The second-order valence-corrected chi connectivity index (χ2v) is 5.19. The van der Waals surface area contributed by atoms with E-state index in [-0.39, 0.29) is 5.41 Å². The fraction of sp³-hybridized carbons (Fsp3) is 0.467. The van der Waals surface area contributed by atoms with Crippen LogP contribution in [0, 0.1) is 11.3 Å². The molecule has 0 aliphatic heterocycles. The van der Waals surface area contributed by atoms with Gasteiger partial charge >= 0.3 is 0 Å². The van der Waals surface area contributed by atoms with Crippen LogP contribution in [0.2, 0.25) is 0 Å². The highest BCUT2D eigenvalue weighted by molar-refractivity contribution is 5.77. The zero-order chi connectivity index (χ0) is 12.8. The van der Waals surface area contributed by atoms with Gasteiger partial charge in [0, 0.05) is 13.5 Å². The molecule has 1 heterocycles. The van der Waals surface area contributed by atoms with Crippen LogP contribution in [0.1, 0.15) is 37.6 Å². The SMILES string of the molecule is CCc1nc2ccc(C3(C#N)CCC3)cc2n1C. The normalized spacial score (nSPS) is 17.4. The summed E-state index contributed by atoms with van der Waals surface area (Å²) in [7, 11) is 2.05. The van der Waals surface area contributed by atoms with E-state index in [1.54, 1.807) is 0 Å². The number of hydrogen-bond acceptors (Lipinski definition) is 2. The summed E-state index contributed by atoms with van der Waals surface area (Å²) in [5.41, 5.74) is 3.11. The Morgan fingerprint density at radius 1 is 1.44 bits per heavy atom. The molecular weight excluding hydrogens is 222 g/mol. The molecule has 1 aliphatic rings. The maximum Gasteiger partial charge on any atom is 0.109 e. The lowest BCUT2D eigenvalue weighted by molar-refractivity contribution is 0.324. The van der Waals surface area contributed by atoms with Gasteiger partial charge in [0.05, 0.1) is 22.5 Å². The third-order valence-electron chi connectivity index (χ3n) is 4.26. The highest BCUT2D eigenvalue weighted by Gasteiger charge is 2.39. The Labute approximate surface area is 107 Å². The van der Waals surface area contributed by atoms with Crippen LogP contribution >= 0.6 is 0 Å². The number of rotatable bonds is 2. The Kier molecular flexibility index (Phi) is 2.41. The van der Waals surface area contributed by atoms with E-state index in [2.05, 4.69) is 47.8 Å². The van der Waals surface area contributed by atoms with Gasteiger partial charge in [-0.3, -0.25) is 0 Å². The van der Waals surface area contributed by atoms with Crippen molar-refractivity contribution in [2.24, 2.45) is 7.05 Å². The molecule has 1 saturated carbocycles. The van der Waals surface area contributed by atoms with Gasteiger partial charge in [0.15, 0.2) is 0 Å². The minimum absolute atomic E-state index is 0.231. The number of nitriles is 1. The lowest BCUT2D eigenvalue weighted by atomic mass is 9.65. The van der Waals surface area contributed by atoms with Crippen LogP contribution in [0.25, 0.3) is 11.0 Å². The van der Waals surface area contributed by atoms with Crippen LogP contribution in [0.3, 0.4) is 0 Å². The van der Waals surface area contributed by atoms with E-state index in [1.807, 2.05) is 0 Å². The molecule has 3 heteroatoms. The highest BCUT2D eigenvalue weighted by Crippen LogP contribution is 2.43. The molecule has 3 nitrogen and oxygen atoms in total. The molecule has 0 amide bonds. The number of hydrogen-bond donors (Lipinski definition) is 0. The molecular formula is C15H17N3. The molecule has 0 unspecified atom stereocenters. The Balaban J connectivity index is 2.17. The fourth-order valence-electron chi connectivity index (χ4n) is 2.85. The fourth-order valence-corrected chi connectivity index (χ4v) is 2.85. The van der Waals surface area contributed by atoms with Crippen molar-refractivity contribution in [3.8, 4) is 6.07 Å². The summed E-state index contributed by atoms with van der Waals surface area (Å²) in [6, 6.07) is 8.80. The summed E-state index contributed by atoms with van der Waals surface area (Å²) in [5.74, 6) is 1.10. The smallest absolute Gasteiger partial charge is 0.109 e. The average molecular weight is 239 g/mol. The largest absolute Gasteiger partial charge is 0.331 e. The molecule has 0 radical (unpaired) electrons. The maximum absolute atomic E-state index is 9.41. The van der Waals surface area contributed by atoms with Crippen molar-refractivity contribution in [3.63, 3.8) is 0 Å². The first-order chi connectivity index (χ1) is 8.70. The van der Waals surface area contributed by atoms with Crippen LogP contribution in [0.5, 0.6) is 0 Å². The monoisotopic (exact) mass is 239 g/mol. The summed E-state index contributed by atoms with van der Waals surface area (Å²) < 4.78 is 2.14. The summed E-state index contributed by atoms with van der Waals surface area (Å²) in [6.07, 6.45) is 4.09. The number of benzene rings is 1. The lowest BCUT2D eigenvalue weighted by Crippen LogP contribution is -2.32. The molecule has 2 aromatic rings. The van der Waals surface area contributed by atoms with Gasteiger partial charge < -0.3 is 4.57 Å². The molecule has 0 saturated heterocycles. The van der Waals surface area contributed by atoms with Crippen molar-refractivity contribution in [1.82, 2.24) is 9.55 Å². The van der Waals surface area contributed by atoms with Crippen molar-refractivity contribution in [2.45, 2.75) is 38.0 Å². The summed E-state index contributed by atoms with van der Waals surface area (Å²) in [4.78, 5) is 4.60. The third kappa shape index (κ3) is 1.38. The molecule has 0 spiro atoms. The standard InChI is InChI=1S/C15H17N3/c1-3-14-17-12-6-5-11(9-13(12)18(14)2)15(10-16)7-4-8-15/h5-6,9H,3-4,7-8H2,1-2H3. The van der Waals surface area contributed by atoms with Crippen LogP contribution in [0.4, 0.5) is 0 Å². The van der Waals surface area contributed by atoms with Gasteiger partial charge in [-0.2, -0.15) is 5.26 Å². The zero-order valence-electron chi connectivity index (χ0n) is 10.9. The van der Waals surface area contributed by atoms with E-state index in [0.717, 1.165) is 48.1 Å². The van der Waals surface area contributed by atoms with E-state index >= 15 is 0 Å². The van der Waals surface area contributed by atoms with Gasteiger partial charge in [0.25, 0.3) is 0 Å². The summed E-state index contributed by atoms with van der Waals surface area (Å²) in [6.45, 7) is 2.12. The van der Waals surface area contributed by atoms with Gasteiger partial charge in [-0.1, -0.05) is 13.0 Å². The highest BCUT2D eigenvalue weighted by atomic mass is 15.1. The van der Waals surface area contributed by atoms with E-state index < -0.39 is 0 Å². The molecule has 0 N–H and O–H groups in total. The van der Waals surface area contributed by atoms with Crippen molar-refractivity contribution >= 4 is 11.0 Å². The topological polar surface area (TPSA) is 41.6 Å². The summed E-state index contributed by atoms with van der Waals surface area (Å²) in [5, 5.41) is 9.41. The van der Waals surface area contributed by atoms with Gasteiger partial charge in [-0.15, -0.1) is 0 Å². The van der Waals surface area contributed by atoms with Crippen LogP contribution in [0.15, 0.2) is 18.2 Å². The van der Waals surface area contributed by atoms with E-state index in [9.17, 15) is 5.26 Å². The second-order valence-electron chi connectivity index (χ2n) is 5.19. The molecule has 3 rings (SSSR count). The van der Waals surface area contributed by atoms with Gasteiger partial charge in [-0.25, -0.2) is 4.98 Å². The Morgan fingerprint density at radius 3 is 2.78 bits per heavy atom. The van der Waals surface area contributed by atoms with Crippen molar-refractivity contribution in [1.29, 1.82) is 5.26 Å². The number of fused-ring (bicyclic) bond motifs is 1. The van der Waals surface area contributed by atoms with Crippen LogP contribution in [-0.2, 0) is 18.9 Å². The number of aromatic nitrogens is 2. The van der Waals surface area contributed by atoms with Crippen molar-refractivity contribution < 1.29 is 0 Å². The minimum atomic E-state index is -0.231. The molecule has 0 bridgehead atoms. The molecule has 1 aromatic carbocycles. The van der Waals surface area contributed by atoms with Crippen molar-refractivity contribution in [2.75, 3.05) is 0 Å². The molecule has 92 valence electrons. The summed E-state index contributed by atoms with van der Waals surface area (Å²) >= 11 is 0. The predicted molar refractivity (Wildman–Crippen MR) is 71.2 cm³/mol. The van der Waals surface area contributed by atoms with Gasteiger partial charge in [-0.05, 0) is 37.0 Å². The Morgan fingerprint density at radius 2 is 2.22 bits per heavy atom. The zero-order valence-corrected chi connectivity index (χ0v) is 10.9. The molecule has 1 aromatic heterocycles. The Hall–Kier alpha value is -1.82. The first kappa shape index (κ1) is 11.3. The van der Waals surface area contributed by atoms with E-state index in [1.165, 1.54) is 0 Å². The predicted octanol–water partition coefficient (Wildman–Crippen LogP) is 3.08. The molecule has 18 heavy (non-hydrogen) atoms. The third-order valence-corrected chi connectivity index (χ3v) is 4.26. The van der Waals surface area contributed by atoms with E-state index in [0.29, 0.717) is 0 Å². The second kappa shape index (κ2) is 3.84. The number of nitrogens with zero attached hydrogens (tertiary/aromatic N) is 3. The first-order valence-corrected chi connectivity index (χ1v) is 6.57. The van der Waals surface area contributed by atoms with Crippen LogP contribution in [-0.4, -0.2) is 9.55 Å². The quantitative estimate of drug-likeness (QED) is 0.808. The van der Waals surface area contributed by atoms with E-state index in [4.69, 9.17) is 0 Å². The van der Waals surface area contributed by atoms with Crippen molar-refractivity contribution in [3.05, 3.63) is 29.6 Å². The van der Waals surface area contributed by atoms with Gasteiger partial charge in [0.1, 0.15) is 5.82 Å². The number of aryl methyl sites for hydroxylation is 2. The van der Waals surface area contributed by atoms with Crippen LogP contribution < -0.4 is 0 Å². The number of imidazole rings is 1. The lowest BCUT2D eigenvalue weighted by Gasteiger charge is -2.35. The maximum atomic E-state index is 9.41. The molecule has 0 atom stereocenters. The average Bonchev–Trinajstić information content (AvgIpc) is 2.66.